The van der Waals surface area contributed by atoms with Gasteiger partial charge >= 0.3 is 0 Å². The van der Waals surface area contributed by atoms with Crippen LogP contribution in [-0.2, 0) is 4.74 Å². The van der Waals surface area contributed by atoms with Gasteiger partial charge in [0.1, 0.15) is 5.15 Å². The first-order valence-electron chi connectivity index (χ1n) is 8.79. The minimum Gasteiger partial charge on any atom is -0.373 e. The fourth-order valence-corrected chi connectivity index (χ4v) is 4.64. The van der Waals surface area contributed by atoms with Gasteiger partial charge in [0, 0.05) is 29.4 Å². The van der Waals surface area contributed by atoms with Crippen molar-refractivity contribution < 1.29 is 4.74 Å². The molecule has 2 saturated heterocycles. The van der Waals surface area contributed by atoms with Crippen molar-refractivity contribution >= 4 is 28.9 Å². The van der Waals surface area contributed by atoms with Crippen LogP contribution in [0, 0.1) is 18.8 Å². The van der Waals surface area contributed by atoms with Crippen molar-refractivity contribution in [2.24, 2.45) is 11.8 Å². The van der Waals surface area contributed by atoms with E-state index in [0.717, 1.165) is 23.5 Å². The van der Waals surface area contributed by atoms with Gasteiger partial charge in [0.2, 0.25) is 0 Å². The Bertz CT molecular complexity index is 857. The zero-order valence-electron chi connectivity index (χ0n) is 14.7. The Balaban J connectivity index is 1.62. The molecule has 2 aliphatic heterocycles. The van der Waals surface area contributed by atoms with Gasteiger partial charge in [-0.05, 0) is 43.0 Å². The van der Waals surface area contributed by atoms with Crippen LogP contribution in [0.1, 0.15) is 30.5 Å². The highest BCUT2D eigenvalue weighted by atomic mass is 35.5. The van der Waals surface area contributed by atoms with E-state index in [4.69, 9.17) is 27.9 Å². The van der Waals surface area contributed by atoms with Crippen LogP contribution in [0.4, 0.5) is 5.69 Å². The Morgan fingerprint density at radius 3 is 2.85 bits per heavy atom. The molecule has 0 aliphatic carbocycles. The minimum atomic E-state index is 0.171. The van der Waals surface area contributed by atoms with Crippen molar-refractivity contribution in [1.82, 2.24) is 9.97 Å². The van der Waals surface area contributed by atoms with Gasteiger partial charge in [-0.3, -0.25) is 4.98 Å². The maximum atomic E-state index is 6.32. The number of ether oxygens (including phenoxy) is 1. The maximum Gasteiger partial charge on any atom is 0.147 e. The van der Waals surface area contributed by atoms with Crippen LogP contribution in [0.25, 0.3) is 0 Å². The van der Waals surface area contributed by atoms with Crippen molar-refractivity contribution in [3.05, 3.63) is 64.3 Å². The van der Waals surface area contributed by atoms with Crippen molar-refractivity contribution in [1.29, 1.82) is 0 Å². The molecule has 2 fully saturated rings. The van der Waals surface area contributed by atoms with Crippen LogP contribution in [0.2, 0.25) is 10.2 Å². The van der Waals surface area contributed by atoms with Crippen molar-refractivity contribution in [3.8, 4) is 0 Å². The Morgan fingerprint density at radius 2 is 2.12 bits per heavy atom. The maximum absolute atomic E-state index is 6.32. The molecule has 4 nitrogen and oxygen atoms in total. The predicted octanol–water partition coefficient (Wildman–Crippen LogP) is 5.22. The lowest BCUT2D eigenvalue weighted by molar-refractivity contribution is 0.0855. The van der Waals surface area contributed by atoms with E-state index in [0.29, 0.717) is 16.1 Å². The van der Waals surface area contributed by atoms with Gasteiger partial charge in [-0.2, -0.15) is 0 Å². The highest BCUT2D eigenvalue weighted by molar-refractivity contribution is 6.41. The lowest BCUT2D eigenvalue weighted by Crippen LogP contribution is -2.33. The number of aromatic nitrogens is 2. The van der Waals surface area contributed by atoms with Crippen LogP contribution in [0.15, 0.2) is 42.9 Å². The summed E-state index contributed by atoms with van der Waals surface area (Å²) >= 11 is 12.0. The molecule has 6 heteroatoms. The number of pyridine rings is 2. The number of anilines is 1. The number of hydrogen-bond acceptors (Lipinski definition) is 4. The third-order valence-electron chi connectivity index (χ3n) is 5.45. The van der Waals surface area contributed by atoms with Gasteiger partial charge in [-0.25, -0.2) is 4.98 Å². The number of nitrogens with zero attached hydrogens (tertiary/aromatic N) is 2. The summed E-state index contributed by atoms with van der Waals surface area (Å²) < 4.78 is 6.32. The van der Waals surface area contributed by atoms with E-state index in [1.807, 2.05) is 13.1 Å². The topological polar surface area (TPSA) is 47.0 Å². The molecule has 26 heavy (non-hydrogen) atoms. The summed E-state index contributed by atoms with van der Waals surface area (Å²) in [7, 11) is 0. The molecule has 2 aromatic heterocycles. The zero-order valence-corrected chi connectivity index (χ0v) is 16.3. The first kappa shape index (κ1) is 17.8. The molecule has 2 bridgehead atoms. The number of rotatable bonds is 4. The molecule has 2 aliphatic rings. The SMILES string of the molecule is C=C(Nc1cnc(Cl)c(Cl)c1)C1C2CC(C)C(O2)C1c1ccnc(C)c1. The Labute approximate surface area is 163 Å². The molecule has 0 aromatic carbocycles. The largest absolute Gasteiger partial charge is 0.373 e. The molecule has 136 valence electrons. The standard InChI is InChI=1S/C20H21Cl2N3O/c1-10-6-16-17(12(3)25-14-8-15(21)20(22)24-9-14)18(19(10)26-16)13-4-5-23-11(2)7-13/h4-5,7-10,16-19,25H,3,6H2,1-2H3. The van der Waals surface area contributed by atoms with E-state index >= 15 is 0 Å². The summed E-state index contributed by atoms with van der Waals surface area (Å²) in [4.78, 5) is 8.43. The Morgan fingerprint density at radius 1 is 1.31 bits per heavy atom. The summed E-state index contributed by atoms with van der Waals surface area (Å²) in [6.45, 7) is 8.60. The van der Waals surface area contributed by atoms with Gasteiger partial charge in [-0.15, -0.1) is 0 Å². The summed E-state index contributed by atoms with van der Waals surface area (Å²) in [6.07, 6.45) is 4.97. The average Bonchev–Trinajstić information content (AvgIpc) is 3.15. The monoisotopic (exact) mass is 389 g/mol. The quantitative estimate of drug-likeness (QED) is 0.727. The van der Waals surface area contributed by atoms with Gasteiger partial charge in [-0.1, -0.05) is 36.7 Å². The van der Waals surface area contributed by atoms with Crippen LogP contribution in [-0.4, -0.2) is 22.2 Å². The molecule has 2 aromatic rings. The Kier molecular flexibility index (Phi) is 4.68. The van der Waals surface area contributed by atoms with E-state index in [2.05, 4.69) is 40.9 Å². The first-order valence-corrected chi connectivity index (χ1v) is 9.54. The summed E-state index contributed by atoms with van der Waals surface area (Å²) in [5, 5.41) is 4.09. The summed E-state index contributed by atoms with van der Waals surface area (Å²) in [5.74, 6) is 0.989. The molecule has 4 heterocycles. The lowest BCUT2D eigenvalue weighted by Gasteiger charge is -2.33. The van der Waals surface area contributed by atoms with Crippen LogP contribution < -0.4 is 5.32 Å². The van der Waals surface area contributed by atoms with E-state index < -0.39 is 0 Å². The second-order valence-electron chi connectivity index (χ2n) is 7.28. The molecular weight excluding hydrogens is 369 g/mol. The molecule has 0 spiro atoms. The van der Waals surface area contributed by atoms with E-state index in [1.54, 1.807) is 12.3 Å². The van der Waals surface area contributed by atoms with Crippen molar-refractivity contribution in [3.63, 3.8) is 0 Å². The predicted molar refractivity (Wildman–Crippen MR) is 105 cm³/mol. The van der Waals surface area contributed by atoms with E-state index in [9.17, 15) is 0 Å². The molecule has 5 unspecified atom stereocenters. The van der Waals surface area contributed by atoms with Gasteiger partial charge in [0.15, 0.2) is 0 Å². The zero-order chi connectivity index (χ0) is 18.4. The molecule has 4 rings (SSSR count). The van der Waals surface area contributed by atoms with Crippen LogP contribution >= 0.6 is 23.2 Å². The summed E-state index contributed by atoms with van der Waals surface area (Å²) in [5.41, 5.74) is 3.98. The molecular formula is C20H21Cl2N3O. The number of halogens is 2. The highest BCUT2D eigenvalue weighted by Gasteiger charge is 2.54. The Hall–Kier alpha value is -1.62. The number of hydrogen-bond donors (Lipinski definition) is 1. The second-order valence-corrected chi connectivity index (χ2v) is 8.05. The highest BCUT2D eigenvalue weighted by Crippen LogP contribution is 2.53. The van der Waals surface area contributed by atoms with E-state index in [-0.39, 0.29) is 24.0 Å². The number of nitrogens with one attached hydrogen (secondary N) is 1. The number of fused-ring (bicyclic) bond motifs is 2. The molecule has 5 atom stereocenters. The number of aryl methyl sites for hydroxylation is 1. The summed E-state index contributed by atoms with van der Waals surface area (Å²) in [6, 6.07) is 6.02. The fraction of sp³-hybridized carbons (Fsp3) is 0.400. The van der Waals surface area contributed by atoms with Crippen LogP contribution in [0.5, 0.6) is 0 Å². The van der Waals surface area contributed by atoms with Crippen LogP contribution in [0.3, 0.4) is 0 Å². The minimum absolute atomic E-state index is 0.171. The molecule has 1 N–H and O–H groups in total. The molecule has 0 amide bonds. The average molecular weight is 390 g/mol. The van der Waals surface area contributed by atoms with Gasteiger partial charge in [0.05, 0.1) is 29.1 Å². The molecule has 0 radical (unpaired) electrons. The van der Waals surface area contributed by atoms with Crippen molar-refractivity contribution in [2.45, 2.75) is 38.4 Å². The van der Waals surface area contributed by atoms with Gasteiger partial charge < -0.3 is 10.1 Å². The normalized spacial score (nSPS) is 29.8. The smallest absolute Gasteiger partial charge is 0.147 e. The van der Waals surface area contributed by atoms with Gasteiger partial charge in [0.25, 0.3) is 0 Å². The third kappa shape index (κ3) is 3.11. The van der Waals surface area contributed by atoms with E-state index in [1.165, 1.54) is 5.56 Å². The fourth-order valence-electron chi connectivity index (χ4n) is 4.37. The third-order valence-corrected chi connectivity index (χ3v) is 6.13. The lowest BCUT2D eigenvalue weighted by atomic mass is 9.70. The molecule has 0 saturated carbocycles. The first-order chi connectivity index (χ1) is 12.4. The second kappa shape index (κ2) is 6.84. The van der Waals surface area contributed by atoms with Crippen molar-refractivity contribution in [2.75, 3.05) is 5.32 Å².